The summed E-state index contributed by atoms with van der Waals surface area (Å²) in [6.07, 6.45) is 2.16. The first-order valence-electron chi connectivity index (χ1n) is 4.49. The minimum atomic E-state index is 0.661. The van der Waals surface area contributed by atoms with Gasteiger partial charge in [0.05, 0.1) is 0 Å². The van der Waals surface area contributed by atoms with Crippen LogP contribution in [0.2, 0.25) is 0 Å². The van der Waals surface area contributed by atoms with Crippen LogP contribution in [0.25, 0.3) is 0 Å². The maximum Gasteiger partial charge on any atom is 0.228 e. The summed E-state index contributed by atoms with van der Waals surface area (Å²) < 4.78 is 4.87. The standard InChI is InChI=1S/C10H11N3O/c1-2-4-9(5-3-1)11-7-6-10-12-8-13-14-10/h1-5,8,11H,6-7H2. The van der Waals surface area contributed by atoms with E-state index in [-0.39, 0.29) is 0 Å². The molecular weight excluding hydrogens is 178 g/mol. The highest BCUT2D eigenvalue weighted by atomic mass is 16.5. The first-order valence-corrected chi connectivity index (χ1v) is 4.49. The molecule has 14 heavy (non-hydrogen) atoms. The van der Waals surface area contributed by atoms with Crippen molar-refractivity contribution in [2.24, 2.45) is 0 Å². The highest BCUT2D eigenvalue weighted by molar-refractivity contribution is 5.42. The predicted octanol–water partition coefficient (Wildman–Crippen LogP) is 1.72. The van der Waals surface area contributed by atoms with Crippen molar-refractivity contribution in [2.45, 2.75) is 6.42 Å². The summed E-state index contributed by atoms with van der Waals surface area (Å²) in [5.41, 5.74) is 1.10. The number of anilines is 1. The van der Waals surface area contributed by atoms with Gasteiger partial charge >= 0.3 is 0 Å². The number of hydrogen-bond acceptors (Lipinski definition) is 4. The van der Waals surface area contributed by atoms with Crippen LogP contribution in [-0.2, 0) is 6.42 Å². The molecule has 1 N–H and O–H groups in total. The average molecular weight is 189 g/mol. The molecule has 1 aromatic heterocycles. The predicted molar refractivity (Wildman–Crippen MR) is 52.9 cm³/mol. The van der Waals surface area contributed by atoms with Gasteiger partial charge in [-0.1, -0.05) is 23.4 Å². The minimum Gasteiger partial charge on any atom is -0.385 e. The van der Waals surface area contributed by atoms with E-state index in [0.29, 0.717) is 5.89 Å². The van der Waals surface area contributed by atoms with Crippen LogP contribution in [0.1, 0.15) is 5.89 Å². The van der Waals surface area contributed by atoms with E-state index in [2.05, 4.69) is 15.5 Å². The summed E-state index contributed by atoms with van der Waals surface area (Å²) in [4.78, 5) is 3.93. The molecule has 2 rings (SSSR count). The van der Waals surface area contributed by atoms with Crippen LogP contribution in [0, 0.1) is 0 Å². The van der Waals surface area contributed by atoms with Crippen LogP contribution < -0.4 is 5.32 Å². The molecular formula is C10H11N3O. The summed E-state index contributed by atoms with van der Waals surface area (Å²) >= 11 is 0. The zero-order chi connectivity index (χ0) is 9.64. The van der Waals surface area contributed by atoms with Gasteiger partial charge in [-0.15, -0.1) is 0 Å². The fraction of sp³-hybridized carbons (Fsp3) is 0.200. The van der Waals surface area contributed by atoms with Crippen molar-refractivity contribution in [3.63, 3.8) is 0 Å². The fourth-order valence-electron chi connectivity index (χ4n) is 1.18. The number of hydrogen-bond donors (Lipinski definition) is 1. The maximum atomic E-state index is 4.87. The van der Waals surface area contributed by atoms with Crippen molar-refractivity contribution in [3.8, 4) is 0 Å². The normalized spacial score (nSPS) is 10.0. The molecule has 72 valence electrons. The maximum absolute atomic E-state index is 4.87. The van der Waals surface area contributed by atoms with Gasteiger partial charge in [0, 0.05) is 18.7 Å². The monoisotopic (exact) mass is 189 g/mol. The lowest BCUT2D eigenvalue weighted by Crippen LogP contribution is -2.04. The third-order valence-corrected chi connectivity index (χ3v) is 1.85. The van der Waals surface area contributed by atoms with Crippen LogP contribution in [0.3, 0.4) is 0 Å². The van der Waals surface area contributed by atoms with Crippen molar-refractivity contribution in [1.29, 1.82) is 0 Å². The first-order chi connectivity index (χ1) is 6.95. The molecule has 4 nitrogen and oxygen atoms in total. The Hall–Kier alpha value is -1.84. The quantitative estimate of drug-likeness (QED) is 0.795. The van der Waals surface area contributed by atoms with Crippen molar-refractivity contribution in [3.05, 3.63) is 42.5 Å². The Morgan fingerprint density at radius 2 is 2.07 bits per heavy atom. The summed E-state index contributed by atoms with van der Waals surface area (Å²) in [7, 11) is 0. The van der Waals surface area contributed by atoms with E-state index in [0.717, 1.165) is 18.7 Å². The second kappa shape index (κ2) is 4.41. The second-order valence-corrected chi connectivity index (χ2v) is 2.88. The fourth-order valence-corrected chi connectivity index (χ4v) is 1.18. The minimum absolute atomic E-state index is 0.661. The number of rotatable bonds is 4. The van der Waals surface area contributed by atoms with E-state index >= 15 is 0 Å². The largest absolute Gasteiger partial charge is 0.385 e. The van der Waals surface area contributed by atoms with Gasteiger partial charge in [-0.3, -0.25) is 0 Å². The third kappa shape index (κ3) is 2.32. The third-order valence-electron chi connectivity index (χ3n) is 1.85. The zero-order valence-corrected chi connectivity index (χ0v) is 7.68. The van der Waals surface area contributed by atoms with Gasteiger partial charge in [0.15, 0.2) is 6.33 Å². The summed E-state index contributed by atoms with van der Waals surface area (Å²) in [6.45, 7) is 0.798. The van der Waals surface area contributed by atoms with Crippen molar-refractivity contribution < 1.29 is 4.52 Å². The Morgan fingerprint density at radius 3 is 2.79 bits per heavy atom. The lowest BCUT2D eigenvalue weighted by atomic mass is 10.3. The molecule has 0 aliphatic carbocycles. The molecule has 1 heterocycles. The summed E-state index contributed by atoms with van der Waals surface area (Å²) in [6, 6.07) is 10.0. The number of para-hydroxylation sites is 1. The van der Waals surface area contributed by atoms with Crippen LogP contribution in [0.5, 0.6) is 0 Å². The highest BCUT2D eigenvalue weighted by Crippen LogP contribution is 2.04. The van der Waals surface area contributed by atoms with Gasteiger partial charge in [0.2, 0.25) is 5.89 Å². The molecule has 0 spiro atoms. The molecule has 4 heteroatoms. The summed E-state index contributed by atoms with van der Waals surface area (Å²) in [5, 5.41) is 6.79. The van der Waals surface area contributed by atoms with Gasteiger partial charge in [-0.05, 0) is 12.1 Å². The number of nitrogens with zero attached hydrogens (tertiary/aromatic N) is 2. The first kappa shape index (κ1) is 8.74. The van der Waals surface area contributed by atoms with Gasteiger partial charge in [-0.25, -0.2) is 0 Å². The molecule has 0 saturated heterocycles. The van der Waals surface area contributed by atoms with Crippen molar-refractivity contribution >= 4 is 5.69 Å². The Kier molecular flexibility index (Phi) is 2.76. The number of nitrogens with one attached hydrogen (secondary N) is 1. The number of aromatic nitrogens is 2. The Labute approximate surface area is 82.0 Å². The van der Waals surface area contributed by atoms with E-state index in [1.54, 1.807) is 0 Å². The molecule has 0 unspecified atom stereocenters. The Balaban J connectivity index is 1.79. The molecule has 0 aliphatic rings. The van der Waals surface area contributed by atoms with E-state index < -0.39 is 0 Å². The molecule has 0 saturated carbocycles. The van der Waals surface area contributed by atoms with Crippen LogP contribution in [-0.4, -0.2) is 16.7 Å². The van der Waals surface area contributed by atoms with Gasteiger partial charge in [0.25, 0.3) is 0 Å². The van der Waals surface area contributed by atoms with E-state index in [9.17, 15) is 0 Å². The lowest BCUT2D eigenvalue weighted by Gasteiger charge is -2.02. The molecule has 0 radical (unpaired) electrons. The van der Waals surface area contributed by atoms with E-state index in [4.69, 9.17) is 4.52 Å². The Bertz CT molecular complexity index is 358. The second-order valence-electron chi connectivity index (χ2n) is 2.88. The highest BCUT2D eigenvalue weighted by Gasteiger charge is 1.97. The van der Waals surface area contributed by atoms with Gasteiger partial charge < -0.3 is 9.84 Å². The molecule has 0 atom stereocenters. The van der Waals surface area contributed by atoms with Crippen LogP contribution in [0.4, 0.5) is 5.69 Å². The van der Waals surface area contributed by atoms with Gasteiger partial charge in [-0.2, -0.15) is 4.98 Å². The molecule has 0 fully saturated rings. The molecule has 2 aromatic rings. The van der Waals surface area contributed by atoms with Crippen molar-refractivity contribution in [2.75, 3.05) is 11.9 Å². The average Bonchev–Trinajstić information content (AvgIpc) is 2.72. The Morgan fingerprint density at radius 1 is 1.21 bits per heavy atom. The van der Waals surface area contributed by atoms with E-state index in [1.165, 1.54) is 6.33 Å². The van der Waals surface area contributed by atoms with Crippen molar-refractivity contribution in [1.82, 2.24) is 10.1 Å². The van der Waals surface area contributed by atoms with E-state index in [1.807, 2.05) is 30.3 Å². The molecule has 1 aromatic carbocycles. The summed E-state index contributed by atoms with van der Waals surface area (Å²) in [5.74, 6) is 0.661. The number of benzene rings is 1. The topological polar surface area (TPSA) is 51.0 Å². The smallest absolute Gasteiger partial charge is 0.228 e. The lowest BCUT2D eigenvalue weighted by molar-refractivity contribution is 0.380. The van der Waals surface area contributed by atoms with Gasteiger partial charge in [0.1, 0.15) is 0 Å². The SMILES string of the molecule is c1ccc(NCCc2ncno2)cc1. The zero-order valence-electron chi connectivity index (χ0n) is 7.68. The molecule has 0 amide bonds. The molecule has 0 bridgehead atoms. The van der Waals surface area contributed by atoms with Crippen LogP contribution >= 0.6 is 0 Å². The molecule has 0 aliphatic heterocycles. The van der Waals surface area contributed by atoms with Crippen LogP contribution in [0.15, 0.2) is 41.2 Å².